The summed E-state index contributed by atoms with van der Waals surface area (Å²) in [6, 6.07) is 9.73. The van der Waals surface area contributed by atoms with Crippen molar-refractivity contribution in [3.8, 4) is 11.6 Å². The van der Waals surface area contributed by atoms with E-state index in [4.69, 9.17) is 16.3 Å². The molecule has 1 heterocycles. The third-order valence-corrected chi connectivity index (χ3v) is 3.12. The summed E-state index contributed by atoms with van der Waals surface area (Å²) in [5, 5.41) is 3.89. The fourth-order valence-electron chi connectivity index (χ4n) is 1.69. The third-order valence-electron chi connectivity index (χ3n) is 2.78. The molecule has 0 amide bonds. The van der Waals surface area contributed by atoms with Gasteiger partial charge >= 0.3 is 0 Å². The van der Waals surface area contributed by atoms with Crippen molar-refractivity contribution in [2.24, 2.45) is 0 Å². The Morgan fingerprint density at radius 3 is 2.84 bits per heavy atom. The van der Waals surface area contributed by atoms with E-state index in [0.717, 1.165) is 23.4 Å². The highest BCUT2D eigenvalue weighted by molar-refractivity contribution is 6.31. The van der Waals surface area contributed by atoms with Crippen LogP contribution in [0.1, 0.15) is 18.1 Å². The highest BCUT2D eigenvalue weighted by Crippen LogP contribution is 2.25. The van der Waals surface area contributed by atoms with Gasteiger partial charge in [0.25, 0.3) is 0 Å². The predicted octanol–water partition coefficient (Wildman–Crippen LogP) is 3.95. The molecule has 0 bridgehead atoms. The van der Waals surface area contributed by atoms with Crippen LogP contribution in [0.2, 0.25) is 5.02 Å². The lowest BCUT2D eigenvalue weighted by atomic mass is 10.2. The molecule has 19 heavy (non-hydrogen) atoms. The van der Waals surface area contributed by atoms with Crippen LogP contribution in [0, 0.1) is 6.92 Å². The second-order valence-corrected chi connectivity index (χ2v) is 4.67. The number of benzene rings is 1. The SMILES string of the molecule is CCNCc1cc(Oc2ccccc2C)ncc1Cl. The maximum absolute atomic E-state index is 6.11. The van der Waals surface area contributed by atoms with Gasteiger partial charge in [0.15, 0.2) is 0 Å². The van der Waals surface area contributed by atoms with Gasteiger partial charge in [-0.2, -0.15) is 0 Å². The maximum atomic E-state index is 6.11. The zero-order chi connectivity index (χ0) is 13.7. The molecule has 0 aliphatic carbocycles. The van der Waals surface area contributed by atoms with Crippen molar-refractivity contribution < 1.29 is 4.74 Å². The number of hydrogen-bond acceptors (Lipinski definition) is 3. The van der Waals surface area contributed by atoms with Crippen molar-refractivity contribution in [2.45, 2.75) is 20.4 Å². The molecule has 2 rings (SSSR count). The summed E-state index contributed by atoms with van der Waals surface area (Å²) in [7, 11) is 0. The minimum Gasteiger partial charge on any atom is -0.439 e. The smallest absolute Gasteiger partial charge is 0.219 e. The summed E-state index contributed by atoms with van der Waals surface area (Å²) in [4.78, 5) is 4.20. The Bertz CT molecular complexity index is 558. The number of ether oxygens (including phenoxy) is 1. The van der Waals surface area contributed by atoms with E-state index in [1.807, 2.05) is 37.3 Å². The quantitative estimate of drug-likeness (QED) is 0.898. The predicted molar refractivity (Wildman–Crippen MR) is 77.9 cm³/mol. The van der Waals surface area contributed by atoms with Crippen LogP contribution >= 0.6 is 11.6 Å². The fraction of sp³-hybridized carbons (Fsp3) is 0.267. The number of nitrogens with one attached hydrogen (secondary N) is 1. The minimum absolute atomic E-state index is 0.562. The maximum Gasteiger partial charge on any atom is 0.219 e. The van der Waals surface area contributed by atoms with Crippen molar-refractivity contribution in [3.63, 3.8) is 0 Å². The van der Waals surface area contributed by atoms with E-state index in [0.29, 0.717) is 17.4 Å². The molecule has 1 N–H and O–H groups in total. The number of aryl methyl sites for hydroxylation is 1. The second-order valence-electron chi connectivity index (χ2n) is 4.26. The fourth-order valence-corrected chi connectivity index (χ4v) is 1.86. The first-order chi connectivity index (χ1) is 9.20. The highest BCUT2D eigenvalue weighted by atomic mass is 35.5. The number of nitrogens with zero attached hydrogens (tertiary/aromatic N) is 1. The Hall–Kier alpha value is -1.58. The molecule has 0 saturated carbocycles. The largest absolute Gasteiger partial charge is 0.439 e. The second kappa shape index (κ2) is 6.55. The molecule has 2 aromatic rings. The lowest BCUT2D eigenvalue weighted by Gasteiger charge is -2.10. The summed E-state index contributed by atoms with van der Waals surface area (Å²) in [5.74, 6) is 1.37. The molecule has 0 fully saturated rings. The van der Waals surface area contributed by atoms with Crippen LogP contribution in [-0.2, 0) is 6.54 Å². The van der Waals surface area contributed by atoms with Gasteiger partial charge in [-0.15, -0.1) is 0 Å². The van der Waals surface area contributed by atoms with Crippen molar-refractivity contribution >= 4 is 11.6 Å². The molecule has 0 spiro atoms. The molecule has 0 aliphatic heterocycles. The van der Waals surface area contributed by atoms with Crippen LogP contribution in [0.3, 0.4) is 0 Å². The Morgan fingerprint density at radius 2 is 2.11 bits per heavy atom. The average Bonchev–Trinajstić information content (AvgIpc) is 2.42. The van der Waals surface area contributed by atoms with Crippen molar-refractivity contribution in [1.29, 1.82) is 0 Å². The molecule has 1 aromatic heterocycles. The molecule has 1 aromatic carbocycles. The van der Waals surface area contributed by atoms with Gasteiger partial charge in [0, 0.05) is 18.8 Å². The van der Waals surface area contributed by atoms with Crippen LogP contribution in [0.5, 0.6) is 11.6 Å². The number of halogens is 1. The van der Waals surface area contributed by atoms with Crippen molar-refractivity contribution in [1.82, 2.24) is 10.3 Å². The van der Waals surface area contributed by atoms with Gasteiger partial charge in [-0.3, -0.25) is 0 Å². The van der Waals surface area contributed by atoms with Crippen LogP contribution < -0.4 is 10.1 Å². The summed E-state index contributed by atoms with van der Waals surface area (Å²) in [5.41, 5.74) is 2.06. The number of aromatic nitrogens is 1. The van der Waals surface area contributed by atoms with Crippen LogP contribution in [0.25, 0.3) is 0 Å². The zero-order valence-corrected chi connectivity index (χ0v) is 11.9. The van der Waals surface area contributed by atoms with Gasteiger partial charge in [-0.1, -0.05) is 36.7 Å². The van der Waals surface area contributed by atoms with Crippen LogP contribution in [0.15, 0.2) is 36.5 Å². The van der Waals surface area contributed by atoms with Crippen LogP contribution in [-0.4, -0.2) is 11.5 Å². The lowest BCUT2D eigenvalue weighted by Crippen LogP contribution is -2.12. The van der Waals surface area contributed by atoms with E-state index in [2.05, 4.69) is 17.2 Å². The minimum atomic E-state index is 0.562. The Balaban J connectivity index is 2.19. The first-order valence-electron chi connectivity index (χ1n) is 6.29. The Labute approximate surface area is 118 Å². The van der Waals surface area contributed by atoms with E-state index in [1.165, 1.54) is 0 Å². The van der Waals surface area contributed by atoms with Gasteiger partial charge in [-0.05, 0) is 30.7 Å². The van der Waals surface area contributed by atoms with Crippen molar-refractivity contribution in [2.75, 3.05) is 6.54 Å². The monoisotopic (exact) mass is 276 g/mol. The molecule has 0 unspecified atom stereocenters. The molecule has 0 atom stereocenters. The number of hydrogen-bond donors (Lipinski definition) is 1. The Morgan fingerprint density at radius 1 is 1.32 bits per heavy atom. The van der Waals surface area contributed by atoms with Crippen molar-refractivity contribution in [3.05, 3.63) is 52.7 Å². The summed E-state index contributed by atoms with van der Waals surface area (Å²) in [6.07, 6.45) is 1.63. The summed E-state index contributed by atoms with van der Waals surface area (Å²) >= 11 is 6.11. The first kappa shape index (κ1) is 13.8. The lowest BCUT2D eigenvalue weighted by molar-refractivity contribution is 0.458. The van der Waals surface area contributed by atoms with Gasteiger partial charge in [-0.25, -0.2) is 4.98 Å². The van der Waals surface area contributed by atoms with E-state index in [-0.39, 0.29) is 0 Å². The van der Waals surface area contributed by atoms with Gasteiger partial charge in [0.2, 0.25) is 5.88 Å². The molecule has 0 aliphatic rings. The van der Waals surface area contributed by atoms with E-state index >= 15 is 0 Å². The van der Waals surface area contributed by atoms with E-state index in [9.17, 15) is 0 Å². The van der Waals surface area contributed by atoms with Gasteiger partial charge in [0.05, 0.1) is 5.02 Å². The standard InChI is InChI=1S/C15H17ClN2O/c1-3-17-9-12-8-15(18-10-13(12)16)19-14-7-5-4-6-11(14)2/h4-8,10,17H,3,9H2,1-2H3. The topological polar surface area (TPSA) is 34.1 Å². The normalized spacial score (nSPS) is 10.5. The van der Waals surface area contributed by atoms with E-state index < -0.39 is 0 Å². The highest BCUT2D eigenvalue weighted by Gasteiger charge is 2.06. The molecule has 0 radical (unpaired) electrons. The van der Waals surface area contributed by atoms with Gasteiger partial charge < -0.3 is 10.1 Å². The average molecular weight is 277 g/mol. The zero-order valence-electron chi connectivity index (χ0n) is 11.1. The molecule has 4 heteroatoms. The number of rotatable bonds is 5. The third kappa shape index (κ3) is 3.69. The van der Waals surface area contributed by atoms with Gasteiger partial charge in [0.1, 0.15) is 5.75 Å². The molecule has 0 saturated heterocycles. The molecule has 100 valence electrons. The molecular weight excluding hydrogens is 260 g/mol. The Kier molecular flexibility index (Phi) is 4.77. The van der Waals surface area contributed by atoms with Crippen LogP contribution in [0.4, 0.5) is 0 Å². The first-order valence-corrected chi connectivity index (χ1v) is 6.67. The molecule has 3 nitrogen and oxygen atoms in total. The number of pyridine rings is 1. The van der Waals surface area contributed by atoms with E-state index in [1.54, 1.807) is 6.20 Å². The molecular formula is C15H17ClN2O. The number of para-hydroxylation sites is 1. The summed E-state index contributed by atoms with van der Waals surface area (Å²) in [6.45, 7) is 5.67. The summed E-state index contributed by atoms with van der Waals surface area (Å²) < 4.78 is 5.79.